The summed E-state index contributed by atoms with van der Waals surface area (Å²) in [5, 5.41) is 6.08. The SMILES string of the molecule is CNC(=O)C(C)CN(C)c1ncc(CNC2CC2)cn1. The van der Waals surface area contributed by atoms with Gasteiger partial charge in [0.15, 0.2) is 0 Å². The van der Waals surface area contributed by atoms with Crippen LogP contribution in [0, 0.1) is 5.92 Å². The van der Waals surface area contributed by atoms with Crippen LogP contribution in [0.25, 0.3) is 0 Å². The third-order valence-electron chi connectivity index (χ3n) is 3.45. The normalized spacial score (nSPS) is 15.8. The molecule has 0 spiro atoms. The molecule has 2 N–H and O–H groups in total. The maximum absolute atomic E-state index is 11.5. The van der Waals surface area contributed by atoms with Gasteiger partial charge < -0.3 is 15.5 Å². The van der Waals surface area contributed by atoms with E-state index in [4.69, 9.17) is 0 Å². The van der Waals surface area contributed by atoms with Crippen molar-refractivity contribution in [3.05, 3.63) is 18.0 Å². The zero-order valence-corrected chi connectivity index (χ0v) is 12.4. The van der Waals surface area contributed by atoms with Crippen LogP contribution in [0.1, 0.15) is 25.3 Å². The minimum absolute atomic E-state index is 0.0297. The Kier molecular flexibility index (Phi) is 4.89. The molecule has 1 aromatic rings. The van der Waals surface area contributed by atoms with Gasteiger partial charge in [0, 0.05) is 51.2 Å². The highest BCUT2D eigenvalue weighted by molar-refractivity contribution is 5.78. The minimum Gasteiger partial charge on any atom is -0.359 e. The average Bonchev–Trinajstić information content (AvgIpc) is 3.28. The van der Waals surface area contributed by atoms with Crippen molar-refractivity contribution >= 4 is 11.9 Å². The predicted octanol–water partition coefficient (Wildman–Crippen LogP) is 0.547. The topological polar surface area (TPSA) is 70.2 Å². The molecular formula is C14H23N5O. The van der Waals surface area contributed by atoms with Crippen molar-refractivity contribution in [2.45, 2.75) is 32.4 Å². The summed E-state index contributed by atoms with van der Waals surface area (Å²) < 4.78 is 0. The number of carbonyl (C=O) groups excluding carboxylic acids is 1. The Hall–Kier alpha value is -1.69. The number of rotatable bonds is 7. The molecule has 1 atom stereocenters. The molecule has 1 aliphatic carbocycles. The van der Waals surface area contributed by atoms with Crippen molar-refractivity contribution in [2.24, 2.45) is 5.92 Å². The van der Waals surface area contributed by atoms with Crippen molar-refractivity contribution in [3.63, 3.8) is 0 Å². The second-order valence-electron chi connectivity index (χ2n) is 5.44. The second kappa shape index (κ2) is 6.65. The summed E-state index contributed by atoms with van der Waals surface area (Å²) >= 11 is 0. The van der Waals surface area contributed by atoms with Gasteiger partial charge in [-0.1, -0.05) is 6.92 Å². The molecule has 2 rings (SSSR count). The van der Waals surface area contributed by atoms with Gasteiger partial charge in [-0.05, 0) is 12.8 Å². The fraction of sp³-hybridized carbons (Fsp3) is 0.643. The summed E-state index contributed by atoms with van der Waals surface area (Å²) in [4.78, 5) is 22.1. The van der Waals surface area contributed by atoms with E-state index in [0.717, 1.165) is 12.1 Å². The van der Waals surface area contributed by atoms with Gasteiger partial charge in [-0.2, -0.15) is 0 Å². The van der Waals surface area contributed by atoms with Gasteiger partial charge in [0.2, 0.25) is 11.9 Å². The molecule has 0 aliphatic heterocycles. The fourth-order valence-corrected chi connectivity index (χ4v) is 2.01. The first-order valence-electron chi connectivity index (χ1n) is 7.07. The Balaban J connectivity index is 1.85. The molecule has 1 aliphatic rings. The lowest BCUT2D eigenvalue weighted by molar-refractivity contribution is -0.123. The number of carbonyl (C=O) groups is 1. The molecule has 0 saturated heterocycles. The first-order valence-corrected chi connectivity index (χ1v) is 7.07. The largest absolute Gasteiger partial charge is 0.359 e. The lowest BCUT2D eigenvalue weighted by Crippen LogP contribution is -2.35. The van der Waals surface area contributed by atoms with Crippen LogP contribution >= 0.6 is 0 Å². The van der Waals surface area contributed by atoms with Crippen LogP contribution in [0.4, 0.5) is 5.95 Å². The van der Waals surface area contributed by atoms with E-state index in [1.165, 1.54) is 12.8 Å². The summed E-state index contributed by atoms with van der Waals surface area (Å²) in [7, 11) is 3.55. The summed E-state index contributed by atoms with van der Waals surface area (Å²) in [5.74, 6) is 0.586. The van der Waals surface area contributed by atoms with E-state index in [0.29, 0.717) is 18.5 Å². The molecule has 110 valence electrons. The van der Waals surface area contributed by atoms with Crippen LogP contribution in [-0.2, 0) is 11.3 Å². The molecule has 1 aromatic heterocycles. The van der Waals surface area contributed by atoms with Gasteiger partial charge in [0.1, 0.15) is 0 Å². The smallest absolute Gasteiger partial charge is 0.225 e. The minimum atomic E-state index is -0.0928. The number of amides is 1. The van der Waals surface area contributed by atoms with Gasteiger partial charge >= 0.3 is 0 Å². The molecule has 0 radical (unpaired) electrons. The van der Waals surface area contributed by atoms with Crippen LogP contribution in [0.2, 0.25) is 0 Å². The van der Waals surface area contributed by atoms with Crippen molar-refractivity contribution in [1.82, 2.24) is 20.6 Å². The van der Waals surface area contributed by atoms with Crippen molar-refractivity contribution in [1.29, 1.82) is 0 Å². The number of aromatic nitrogens is 2. The third-order valence-corrected chi connectivity index (χ3v) is 3.45. The van der Waals surface area contributed by atoms with Gasteiger partial charge in [-0.3, -0.25) is 4.79 Å². The highest BCUT2D eigenvalue weighted by Gasteiger charge is 2.20. The van der Waals surface area contributed by atoms with Gasteiger partial charge in [-0.25, -0.2) is 9.97 Å². The summed E-state index contributed by atoms with van der Waals surface area (Å²) in [6, 6.07) is 0.686. The van der Waals surface area contributed by atoms with E-state index in [1.807, 2.05) is 31.3 Å². The summed E-state index contributed by atoms with van der Waals surface area (Å²) in [6.45, 7) is 3.31. The quantitative estimate of drug-likeness (QED) is 0.761. The van der Waals surface area contributed by atoms with Crippen LogP contribution < -0.4 is 15.5 Å². The lowest BCUT2D eigenvalue weighted by Gasteiger charge is -2.20. The van der Waals surface area contributed by atoms with Crippen LogP contribution in [-0.4, -0.2) is 42.6 Å². The first kappa shape index (κ1) is 14.7. The highest BCUT2D eigenvalue weighted by atomic mass is 16.1. The van der Waals surface area contributed by atoms with E-state index in [1.54, 1.807) is 7.05 Å². The van der Waals surface area contributed by atoms with Gasteiger partial charge in [0.25, 0.3) is 0 Å². The molecule has 0 bridgehead atoms. The second-order valence-corrected chi connectivity index (χ2v) is 5.44. The maximum atomic E-state index is 11.5. The molecule has 1 unspecified atom stereocenters. The zero-order chi connectivity index (χ0) is 14.5. The molecule has 1 saturated carbocycles. The predicted molar refractivity (Wildman–Crippen MR) is 78.4 cm³/mol. The number of hydrogen-bond acceptors (Lipinski definition) is 5. The number of nitrogens with one attached hydrogen (secondary N) is 2. The van der Waals surface area contributed by atoms with E-state index >= 15 is 0 Å². The van der Waals surface area contributed by atoms with E-state index < -0.39 is 0 Å². The highest BCUT2D eigenvalue weighted by Crippen LogP contribution is 2.19. The molecule has 6 heteroatoms. The molecule has 1 heterocycles. The number of hydrogen-bond donors (Lipinski definition) is 2. The van der Waals surface area contributed by atoms with Crippen molar-refractivity contribution in [2.75, 3.05) is 25.5 Å². The van der Waals surface area contributed by atoms with Gasteiger partial charge in [0.05, 0.1) is 5.92 Å². The van der Waals surface area contributed by atoms with Crippen LogP contribution in [0.5, 0.6) is 0 Å². The summed E-state index contributed by atoms with van der Waals surface area (Å²) in [5.41, 5.74) is 1.09. The molecule has 20 heavy (non-hydrogen) atoms. The Bertz CT molecular complexity index is 443. The maximum Gasteiger partial charge on any atom is 0.225 e. The Morgan fingerprint density at radius 1 is 1.45 bits per heavy atom. The Labute approximate surface area is 120 Å². The van der Waals surface area contributed by atoms with Crippen molar-refractivity contribution in [3.8, 4) is 0 Å². The van der Waals surface area contributed by atoms with Crippen LogP contribution in [0.15, 0.2) is 12.4 Å². The number of anilines is 1. The monoisotopic (exact) mass is 277 g/mol. The lowest BCUT2D eigenvalue weighted by atomic mass is 10.1. The first-order chi connectivity index (χ1) is 9.60. The zero-order valence-electron chi connectivity index (χ0n) is 12.4. The van der Waals surface area contributed by atoms with Crippen LogP contribution in [0.3, 0.4) is 0 Å². The molecule has 1 amide bonds. The average molecular weight is 277 g/mol. The Morgan fingerprint density at radius 2 is 2.10 bits per heavy atom. The molecule has 1 fully saturated rings. The molecule has 0 aromatic carbocycles. The molecule has 6 nitrogen and oxygen atoms in total. The van der Waals surface area contributed by atoms with E-state index in [-0.39, 0.29) is 11.8 Å². The summed E-state index contributed by atoms with van der Waals surface area (Å²) in [6.07, 6.45) is 6.25. The van der Waals surface area contributed by atoms with Gasteiger partial charge in [-0.15, -0.1) is 0 Å². The van der Waals surface area contributed by atoms with E-state index in [9.17, 15) is 4.79 Å². The fourth-order valence-electron chi connectivity index (χ4n) is 2.01. The third kappa shape index (κ3) is 4.16. The van der Waals surface area contributed by atoms with E-state index in [2.05, 4.69) is 20.6 Å². The Morgan fingerprint density at radius 3 is 2.65 bits per heavy atom. The standard InChI is InChI=1S/C14H23N5O/c1-10(13(20)15-2)9-19(3)14-17-7-11(8-18-14)6-16-12-4-5-12/h7-8,10,12,16H,4-6,9H2,1-3H3,(H,15,20). The number of nitrogens with zero attached hydrogens (tertiary/aromatic N) is 3. The molecular weight excluding hydrogens is 254 g/mol. The van der Waals surface area contributed by atoms with Crippen molar-refractivity contribution < 1.29 is 4.79 Å².